The van der Waals surface area contributed by atoms with E-state index in [0.717, 1.165) is 44.2 Å². The molecule has 4 N–H and O–H groups in total. The largest absolute Gasteiger partial charge is 0.462 e. The molecule has 0 radical (unpaired) electrons. The van der Waals surface area contributed by atoms with Crippen LogP contribution in [0.1, 0.15) is 62.2 Å². The van der Waals surface area contributed by atoms with Crippen LogP contribution in [0.15, 0.2) is 34.3 Å². The summed E-state index contributed by atoms with van der Waals surface area (Å²) < 4.78 is 5.26. The zero-order valence-corrected chi connectivity index (χ0v) is 15.3. The molecule has 0 unspecified atom stereocenters. The SMILES string of the molecule is CCCCOC(=O)c1ccc(N2C(N)=NC(N)=NC23CCCCC3)cc1. The molecule has 7 heteroatoms. The van der Waals surface area contributed by atoms with Gasteiger partial charge in [-0.25, -0.2) is 9.79 Å². The molecule has 0 aromatic heterocycles. The summed E-state index contributed by atoms with van der Waals surface area (Å²) in [5.41, 5.74) is 13.0. The van der Waals surface area contributed by atoms with Gasteiger partial charge < -0.3 is 16.2 Å². The number of anilines is 1. The predicted molar refractivity (Wildman–Crippen MR) is 103 cm³/mol. The van der Waals surface area contributed by atoms with E-state index >= 15 is 0 Å². The average Bonchev–Trinajstić information content (AvgIpc) is 2.62. The molecule has 7 nitrogen and oxygen atoms in total. The fourth-order valence-electron chi connectivity index (χ4n) is 3.63. The van der Waals surface area contributed by atoms with Gasteiger partial charge in [-0.2, -0.15) is 4.99 Å². The molecule has 0 atom stereocenters. The van der Waals surface area contributed by atoms with Gasteiger partial charge in [0, 0.05) is 5.69 Å². The van der Waals surface area contributed by atoms with E-state index in [-0.39, 0.29) is 11.9 Å². The lowest BCUT2D eigenvalue weighted by molar-refractivity contribution is 0.0500. The number of unbranched alkanes of at least 4 members (excludes halogenated alkanes) is 1. The van der Waals surface area contributed by atoms with Crippen LogP contribution < -0.4 is 16.4 Å². The summed E-state index contributed by atoms with van der Waals surface area (Å²) in [6.07, 6.45) is 6.95. The summed E-state index contributed by atoms with van der Waals surface area (Å²) in [7, 11) is 0. The van der Waals surface area contributed by atoms with E-state index in [1.54, 1.807) is 12.1 Å². The first-order chi connectivity index (χ1) is 12.6. The number of nitrogens with two attached hydrogens (primary N) is 2. The number of ether oxygens (including phenoxy) is 1. The number of hydrogen-bond donors (Lipinski definition) is 2. The van der Waals surface area contributed by atoms with E-state index < -0.39 is 5.66 Å². The minimum atomic E-state index is -0.475. The predicted octanol–water partition coefficient (Wildman–Crippen LogP) is 2.75. The Hall–Kier alpha value is -2.57. The number of benzene rings is 1. The van der Waals surface area contributed by atoms with Crippen molar-refractivity contribution in [3.63, 3.8) is 0 Å². The van der Waals surface area contributed by atoms with Crippen molar-refractivity contribution in [3.8, 4) is 0 Å². The van der Waals surface area contributed by atoms with E-state index in [2.05, 4.69) is 16.9 Å². The first kappa shape index (κ1) is 18.2. The highest BCUT2D eigenvalue weighted by atomic mass is 16.5. The fourth-order valence-corrected chi connectivity index (χ4v) is 3.63. The lowest BCUT2D eigenvalue weighted by atomic mass is 9.87. The Labute approximate surface area is 154 Å². The fraction of sp³-hybridized carbons (Fsp3) is 0.526. The van der Waals surface area contributed by atoms with E-state index in [4.69, 9.17) is 16.2 Å². The molecule has 1 aliphatic heterocycles. The highest BCUT2D eigenvalue weighted by Crippen LogP contribution is 2.39. The van der Waals surface area contributed by atoms with Gasteiger partial charge in [0.1, 0.15) is 5.66 Å². The summed E-state index contributed by atoms with van der Waals surface area (Å²) in [6.45, 7) is 2.50. The van der Waals surface area contributed by atoms with Crippen LogP contribution in [-0.2, 0) is 4.74 Å². The van der Waals surface area contributed by atoms with Gasteiger partial charge in [0.2, 0.25) is 11.9 Å². The van der Waals surface area contributed by atoms with Crippen molar-refractivity contribution in [2.45, 2.75) is 57.5 Å². The van der Waals surface area contributed by atoms with Crippen LogP contribution in [0.2, 0.25) is 0 Å². The van der Waals surface area contributed by atoms with E-state index in [0.29, 0.717) is 18.1 Å². The van der Waals surface area contributed by atoms with Gasteiger partial charge in [-0.3, -0.25) is 4.90 Å². The monoisotopic (exact) mass is 357 g/mol. The molecule has 3 rings (SSSR count). The molecule has 1 saturated carbocycles. The van der Waals surface area contributed by atoms with Crippen LogP contribution in [0, 0.1) is 0 Å². The molecule has 1 heterocycles. The summed E-state index contributed by atoms with van der Waals surface area (Å²) in [6, 6.07) is 7.25. The molecular weight excluding hydrogens is 330 g/mol. The van der Waals surface area contributed by atoms with Gasteiger partial charge in [0.15, 0.2) is 0 Å². The number of nitrogens with zero attached hydrogens (tertiary/aromatic N) is 3. The van der Waals surface area contributed by atoms with Crippen LogP contribution in [0.4, 0.5) is 5.69 Å². The molecule has 1 fully saturated rings. The van der Waals surface area contributed by atoms with Crippen molar-refractivity contribution in [1.82, 2.24) is 0 Å². The van der Waals surface area contributed by atoms with Gasteiger partial charge in [-0.1, -0.05) is 19.8 Å². The van der Waals surface area contributed by atoms with Crippen molar-refractivity contribution in [2.75, 3.05) is 11.5 Å². The van der Waals surface area contributed by atoms with Gasteiger partial charge in [-0.05, 0) is 56.4 Å². The van der Waals surface area contributed by atoms with Crippen molar-refractivity contribution in [1.29, 1.82) is 0 Å². The van der Waals surface area contributed by atoms with Crippen LogP contribution in [-0.4, -0.2) is 30.2 Å². The Morgan fingerprint density at radius 3 is 2.54 bits per heavy atom. The number of guanidine groups is 2. The van der Waals surface area contributed by atoms with Gasteiger partial charge in [0.25, 0.3) is 0 Å². The highest BCUT2D eigenvalue weighted by Gasteiger charge is 2.42. The minimum Gasteiger partial charge on any atom is -0.462 e. The first-order valence-corrected chi connectivity index (χ1v) is 9.33. The molecule has 1 spiro atoms. The summed E-state index contributed by atoms with van der Waals surface area (Å²) in [5.74, 6) is 0.273. The van der Waals surface area contributed by atoms with Gasteiger partial charge >= 0.3 is 5.97 Å². The third-order valence-electron chi connectivity index (χ3n) is 4.94. The summed E-state index contributed by atoms with van der Waals surface area (Å²) >= 11 is 0. The normalized spacial score (nSPS) is 19.0. The molecule has 0 bridgehead atoms. The van der Waals surface area contributed by atoms with E-state index in [9.17, 15) is 4.79 Å². The highest BCUT2D eigenvalue weighted by molar-refractivity contribution is 6.05. The maximum Gasteiger partial charge on any atom is 0.338 e. The second kappa shape index (κ2) is 7.76. The molecule has 26 heavy (non-hydrogen) atoms. The van der Waals surface area contributed by atoms with Crippen LogP contribution in [0.25, 0.3) is 0 Å². The third kappa shape index (κ3) is 3.66. The number of hydrogen-bond acceptors (Lipinski definition) is 7. The van der Waals surface area contributed by atoms with Crippen LogP contribution in [0.5, 0.6) is 0 Å². The van der Waals surface area contributed by atoms with Crippen molar-refractivity contribution in [2.24, 2.45) is 21.5 Å². The van der Waals surface area contributed by atoms with E-state index in [1.165, 1.54) is 6.42 Å². The zero-order valence-electron chi connectivity index (χ0n) is 15.3. The molecule has 1 aromatic carbocycles. The van der Waals surface area contributed by atoms with Crippen molar-refractivity contribution in [3.05, 3.63) is 29.8 Å². The topological polar surface area (TPSA) is 106 Å². The average molecular weight is 357 g/mol. The maximum atomic E-state index is 12.1. The second-order valence-corrected chi connectivity index (χ2v) is 6.85. The quantitative estimate of drug-likeness (QED) is 0.622. The number of aliphatic imine (C=N–C) groups is 2. The van der Waals surface area contributed by atoms with Crippen LogP contribution >= 0.6 is 0 Å². The van der Waals surface area contributed by atoms with Crippen molar-refractivity contribution < 1.29 is 9.53 Å². The second-order valence-electron chi connectivity index (χ2n) is 6.85. The number of carbonyl (C=O) groups excluding carboxylic acids is 1. The lowest BCUT2D eigenvalue weighted by Gasteiger charge is -2.45. The molecule has 140 valence electrons. The molecular formula is C19H27N5O2. The van der Waals surface area contributed by atoms with Gasteiger partial charge in [-0.15, -0.1) is 0 Å². The standard InChI is InChI=1S/C19H27N5O2/c1-2-3-13-26-16(25)14-7-9-15(10-8-14)24-18(21)22-17(20)23-19(24)11-5-4-6-12-19/h7-10H,2-6,11-13H2,1H3,(H4,20,21,22,23). The number of carbonyl (C=O) groups is 1. The third-order valence-corrected chi connectivity index (χ3v) is 4.94. The molecule has 0 saturated heterocycles. The number of rotatable bonds is 5. The van der Waals surface area contributed by atoms with Crippen LogP contribution in [0.3, 0.4) is 0 Å². The van der Waals surface area contributed by atoms with E-state index in [1.807, 2.05) is 17.0 Å². The maximum absolute atomic E-state index is 12.1. The Balaban J connectivity index is 1.82. The Bertz CT molecular complexity index is 705. The Morgan fingerprint density at radius 1 is 1.19 bits per heavy atom. The zero-order chi connectivity index (χ0) is 18.6. The first-order valence-electron chi connectivity index (χ1n) is 9.33. The lowest BCUT2D eigenvalue weighted by Crippen LogP contribution is -2.58. The summed E-state index contributed by atoms with van der Waals surface area (Å²) in [5, 5.41) is 0. The Morgan fingerprint density at radius 2 is 1.88 bits per heavy atom. The molecule has 0 amide bonds. The van der Waals surface area contributed by atoms with Crippen molar-refractivity contribution >= 4 is 23.6 Å². The minimum absolute atomic E-state index is 0.233. The molecule has 2 aliphatic rings. The molecule has 1 aromatic rings. The smallest absolute Gasteiger partial charge is 0.338 e. The van der Waals surface area contributed by atoms with Gasteiger partial charge in [0.05, 0.1) is 12.2 Å². The molecule has 1 aliphatic carbocycles. The summed E-state index contributed by atoms with van der Waals surface area (Å²) in [4.78, 5) is 22.8. The Kier molecular flexibility index (Phi) is 5.44. The number of esters is 1.